The Morgan fingerprint density at radius 2 is 1.76 bits per heavy atom. The van der Waals surface area contributed by atoms with Crippen molar-refractivity contribution in [3.63, 3.8) is 0 Å². The van der Waals surface area contributed by atoms with E-state index < -0.39 is 0 Å². The lowest BCUT2D eigenvalue weighted by Crippen LogP contribution is -2.12. The van der Waals surface area contributed by atoms with Gasteiger partial charge in [-0.1, -0.05) is 37.3 Å². The first kappa shape index (κ1) is 15.6. The van der Waals surface area contributed by atoms with E-state index >= 15 is 0 Å². The molecule has 0 heterocycles. The third kappa shape index (κ3) is 3.27. The third-order valence-electron chi connectivity index (χ3n) is 3.42. The Hall–Kier alpha value is -1.81. The summed E-state index contributed by atoms with van der Waals surface area (Å²) in [6.07, 6.45) is 0. The molecule has 110 valence electrons. The molecule has 0 aliphatic heterocycles. The zero-order valence-electron chi connectivity index (χ0n) is 12.2. The lowest BCUT2D eigenvalue weighted by atomic mass is 9.92. The van der Waals surface area contributed by atoms with Crippen molar-refractivity contribution >= 4 is 21.7 Å². The number of ether oxygens (including phenoxy) is 2. The monoisotopic (exact) mass is 348 g/mol. The van der Waals surface area contributed by atoms with E-state index in [1.807, 2.05) is 37.3 Å². The highest BCUT2D eigenvalue weighted by atomic mass is 79.9. The zero-order chi connectivity index (χ0) is 15.4. The van der Waals surface area contributed by atoms with Crippen LogP contribution in [0, 0.1) is 0 Å². The maximum Gasteiger partial charge on any atom is 0.174 e. The second kappa shape index (κ2) is 6.76. The first-order valence-corrected chi connectivity index (χ1v) is 7.38. The smallest absolute Gasteiger partial charge is 0.174 e. The molecule has 0 aliphatic rings. The molecule has 2 rings (SSSR count). The minimum absolute atomic E-state index is 0.00702. The molecule has 1 unspecified atom stereocenters. The summed E-state index contributed by atoms with van der Waals surface area (Å²) < 4.78 is 11.2. The number of benzene rings is 2. The minimum Gasteiger partial charge on any atom is -0.497 e. The average Bonchev–Trinajstić information content (AvgIpc) is 2.53. The normalized spacial score (nSPS) is 11.8. The molecule has 0 radical (unpaired) electrons. The molecule has 0 aromatic heterocycles. The summed E-state index contributed by atoms with van der Waals surface area (Å²) in [4.78, 5) is 12.8. The maximum absolute atomic E-state index is 12.8. The zero-order valence-corrected chi connectivity index (χ0v) is 13.8. The first-order chi connectivity index (χ1) is 10.1. The predicted molar refractivity (Wildman–Crippen MR) is 86.4 cm³/mol. The third-order valence-corrected chi connectivity index (χ3v) is 4.05. The SMILES string of the molecule is COc1cc(Br)c(C(=O)C(C)c2ccccc2)c(OC)c1. The molecule has 1 atom stereocenters. The molecule has 0 saturated heterocycles. The highest BCUT2D eigenvalue weighted by Crippen LogP contribution is 2.35. The standard InChI is InChI=1S/C17H17BrO3/c1-11(12-7-5-4-6-8-12)17(19)16-14(18)9-13(20-2)10-15(16)21-3/h4-11H,1-3H3. The number of Topliss-reactive ketones (excluding diaryl/α,β-unsaturated/α-hetero) is 1. The molecular weight excluding hydrogens is 332 g/mol. The molecule has 0 spiro atoms. The molecule has 21 heavy (non-hydrogen) atoms. The van der Waals surface area contributed by atoms with Gasteiger partial charge in [-0.15, -0.1) is 0 Å². The summed E-state index contributed by atoms with van der Waals surface area (Å²) in [7, 11) is 3.13. The fourth-order valence-electron chi connectivity index (χ4n) is 2.19. The van der Waals surface area contributed by atoms with E-state index in [-0.39, 0.29) is 11.7 Å². The van der Waals surface area contributed by atoms with E-state index in [0.717, 1.165) is 5.56 Å². The van der Waals surface area contributed by atoms with Crippen molar-refractivity contribution in [1.29, 1.82) is 0 Å². The number of carbonyl (C=O) groups is 1. The van der Waals surface area contributed by atoms with Crippen molar-refractivity contribution in [1.82, 2.24) is 0 Å². The van der Waals surface area contributed by atoms with Gasteiger partial charge in [0, 0.05) is 16.5 Å². The van der Waals surface area contributed by atoms with Gasteiger partial charge in [-0.05, 0) is 27.6 Å². The summed E-state index contributed by atoms with van der Waals surface area (Å²) in [5.74, 6) is 0.911. The molecule has 0 amide bonds. The van der Waals surface area contributed by atoms with Gasteiger partial charge in [0.1, 0.15) is 11.5 Å². The topological polar surface area (TPSA) is 35.5 Å². The van der Waals surface area contributed by atoms with Gasteiger partial charge in [0.25, 0.3) is 0 Å². The Bertz CT molecular complexity index is 638. The maximum atomic E-state index is 12.8. The van der Waals surface area contributed by atoms with Crippen LogP contribution < -0.4 is 9.47 Å². The van der Waals surface area contributed by atoms with Crippen molar-refractivity contribution in [2.45, 2.75) is 12.8 Å². The molecule has 4 heteroatoms. The Morgan fingerprint density at radius 3 is 2.33 bits per heavy atom. The van der Waals surface area contributed by atoms with Gasteiger partial charge in [0.15, 0.2) is 5.78 Å². The fourth-order valence-corrected chi connectivity index (χ4v) is 2.80. The number of rotatable bonds is 5. The molecule has 2 aromatic carbocycles. The van der Waals surface area contributed by atoms with Gasteiger partial charge in [-0.25, -0.2) is 0 Å². The van der Waals surface area contributed by atoms with Gasteiger partial charge >= 0.3 is 0 Å². The van der Waals surface area contributed by atoms with Crippen molar-refractivity contribution in [3.8, 4) is 11.5 Å². The van der Waals surface area contributed by atoms with E-state index in [9.17, 15) is 4.79 Å². The Labute approximate surface area is 133 Å². The molecular formula is C17H17BrO3. The molecule has 0 bridgehead atoms. The van der Waals surface area contributed by atoms with E-state index in [2.05, 4.69) is 15.9 Å². The number of methoxy groups -OCH3 is 2. The van der Waals surface area contributed by atoms with Gasteiger partial charge in [-0.2, -0.15) is 0 Å². The van der Waals surface area contributed by atoms with Gasteiger partial charge in [0.05, 0.1) is 19.8 Å². The van der Waals surface area contributed by atoms with Crippen molar-refractivity contribution in [3.05, 3.63) is 58.1 Å². The van der Waals surface area contributed by atoms with E-state index in [0.29, 0.717) is 21.5 Å². The number of hydrogen-bond donors (Lipinski definition) is 0. The van der Waals surface area contributed by atoms with Crippen LogP contribution in [-0.2, 0) is 0 Å². The Kier molecular flexibility index (Phi) is 5.02. The molecule has 2 aromatic rings. The minimum atomic E-state index is -0.246. The van der Waals surface area contributed by atoms with Gasteiger partial charge in [-0.3, -0.25) is 4.79 Å². The van der Waals surface area contributed by atoms with E-state index in [1.54, 1.807) is 26.4 Å². The fraction of sp³-hybridized carbons (Fsp3) is 0.235. The van der Waals surface area contributed by atoms with Crippen LogP contribution in [-0.4, -0.2) is 20.0 Å². The summed E-state index contributed by atoms with van der Waals surface area (Å²) in [5.41, 5.74) is 1.52. The largest absolute Gasteiger partial charge is 0.497 e. The lowest BCUT2D eigenvalue weighted by Gasteiger charge is -2.16. The number of halogens is 1. The molecule has 0 fully saturated rings. The van der Waals surface area contributed by atoms with Crippen LogP contribution in [0.3, 0.4) is 0 Å². The number of ketones is 1. The average molecular weight is 349 g/mol. The quantitative estimate of drug-likeness (QED) is 0.748. The Morgan fingerprint density at radius 1 is 1.10 bits per heavy atom. The summed E-state index contributed by atoms with van der Waals surface area (Å²) in [5, 5.41) is 0. The summed E-state index contributed by atoms with van der Waals surface area (Å²) >= 11 is 3.44. The second-order valence-electron chi connectivity index (χ2n) is 4.68. The number of carbonyl (C=O) groups excluding carboxylic acids is 1. The highest BCUT2D eigenvalue weighted by Gasteiger charge is 2.24. The van der Waals surface area contributed by atoms with E-state index in [1.165, 1.54) is 0 Å². The van der Waals surface area contributed by atoms with Crippen LogP contribution in [0.2, 0.25) is 0 Å². The lowest BCUT2D eigenvalue weighted by molar-refractivity contribution is 0.0962. The van der Waals surface area contributed by atoms with Crippen LogP contribution in [0.4, 0.5) is 0 Å². The van der Waals surface area contributed by atoms with Crippen LogP contribution >= 0.6 is 15.9 Å². The van der Waals surface area contributed by atoms with Gasteiger partial charge < -0.3 is 9.47 Å². The van der Waals surface area contributed by atoms with Crippen LogP contribution in [0.25, 0.3) is 0 Å². The predicted octanol–water partition coefficient (Wildman–Crippen LogP) is 4.45. The summed E-state index contributed by atoms with van der Waals surface area (Å²) in [6.45, 7) is 1.90. The van der Waals surface area contributed by atoms with E-state index in [4.69, 9.17) is 9.47 Å². The highest BCUT2D eigenvalue weighted by molar-refractivity contribution is 9.10. The Balaban J connectivity index is 2.44. The molecule has 0 aliphatic carbocycles. The van der Waals surface area contributed by atoms with Crippen LogP contribution in [0.15, 0.2) is 46.9 Å². The molecule has 0 saturated carbocycles. The number of hydrogen-bond acceptors (Lipinski definition) is 3. The van der Waals surface area contributed by atoms with Crippen molar-refractivity contribution < 1.29 is 14.3 Å². The van der Waals surface area contributed by atoms with Crippen molar-refractivity contribution in [2.24, 2.45) is 0 Å². The van der Waals surface area contributed by atoms with Gasteiger partial charge in [0.2, 0.25) is 0 Å². The second-order valence-corrected chi connectivity index (χ2v) is 5.54. The first-order valence-electron chi connectivity index (χ1n) is 6.59. The van der Waals surface area contributed by atoms with Crippen LogP contribution in [0.5, 0.6) is 11.5 Å². The van der Waals surface area contributed by atoms with Crippen LogP contribution in [0.1, 0.15) is 28.8 Å². The molecule has 3 nitrogen and oxygen atoms in total. The van der Waals surface area contributed by atoms with Crippen molar-refractivity contribution in [2.75, 3.05) is 14.2 Å². The molecule has 0 N–H and O–H groups in total. The summed E-state index contributed by atoms with van der Waals surface area (Å²) in [6, 6.07) is 13.2.